The molecule has 166 valence electrons. The van der Waals surface area contributed by atoms with Crippen molar-refractivity contribution in [3.63, 3.8) is 0 Å². The molecule has 1 aliphatic heterocycles. The third kappa shape index (κ3) is 5.32. The number of aryl methyl sites for hydroxylation is 1. The molecule has 10 heteroatoms. The zero-order chi connectivity index (χ0) is 22.4. The maximum absolute atomic E-state index is 13.3. The van der Waals surface area contributed by atoms with Crippen LogP contribution in [0.15, 0.2) is 28.0 Å². The van der Waals surface area contributed by atoms with Gasteiger partial charge < -0.3 is 14.8 Å². The summed E-state index contributed by atoms with van der Waals surface area (Å²) in [5.41, 5.74) is 1.50. The number of anilines is 1. The lowest BCUT2D eigenvalue weighted by Crippen LogP contribution is -2.29. The van der Waals surface area contributed by atoms with Crippen molar-refractivity contribution in [1.29, 1.82) is 0 Å². The minimum atomic E-state index is -0.254. The summed E-state index contributed by atoms with van der Waals surface area (Å²) in [6.45, 7) is 6.44. The van der Waals surface area contributed by atoms with Crippen LogP contribution in [0.25, 0.3) is 11.7 Å². The quantitative estimate of drug-likeness (QED) is 0.328. The Bertz CT molecular complexity index is 1070. The summed E-state index contributed by atoms with van der Waals surface area (Å²) in [6, 6.07) is 3.69. The summed E-state index contributed by atoms with van der Waals surface area (Å²) >= 11 is 6.58. The highest BCUT2D eigenvalue weighted by atomic mass is 32.2. The highest BCUT2D eigenvalue weighted by Gasteiger charge is 2.32. The standard InChI is InChI=1S/C21H26N4O4S2/c1-4-29-11-6-10-25-20(27)16(31-21(25)30)13-15-17(22-8-12-28-3)23-18-14(2)7-5-9-24(18)19(15)26/h5,7,9,13,22H,4,6,8,10-12H2,1-3H3/b16-13+. The fraction of sp³-hybridized carbons (Fsp3) is 0.429. The Labute approximate surface area is 190 Å². The number of fused-ring (bicyclic) bond motifs is 1. The highest BCUT2D eigenvalue weighted by Crippen LogP contribution is 2.33. The first-order valence-corrected chi connectivity index (χ1v) is 11.3. The van der Waals surface area contributed by atoms with Crippen LogP contribution in [-0.4, -0.2) is 64.5 Å². The second kappa shape index (κ2) is 10.9. The fourth-order valence-electron chi connectivity index (χ4n) is 3.14. The molecule has 0 saturated carbocycles. The van der Waals surface area contributed by atoms with E-state index in [0.717, 1.165) is 5.56 Å². The molecule has 8 nitrogen and oxygen atoms in total. The Morgan fingerprint density at radius 2 is 2.13 bits per heavy atom. The van der Waals surface area contributed by atoms with Crippen molar-refractivity contribution < 1.29 is 14.3 Å². The summed E-state index contributed by atoms with van der Waals surface area (Å²) in [6.07, 6.45) is 3.95. The van der Waals surface area contributed by atoms with E-state index in [4.69, 9.17) is 21.7 Å². The molecule has 1 N–H and O–H groups in total. The van der Waals surface area contributed by atoms with E-state index < -0.39 is 0 Å². The van der Waals surface area contributed by atoms with Gasteiger partial charge in [0.2, 0.25) is 0 Å². The van der Waals surface area contributed by atoms with Gasteiger partial charge in [-0.15, -0.1) is 0 Å². The van der Waals surface area contributed by atoms with E-state index in [9.17, 15) is 9.59 Å². The number of nitrogens with zero attached hydrogens (tertiary/aromatic N) is 3. The van der Waals surface area contributed by atoms with Crippen molar-refractivity contribution in [2.45, 2.75) is 20.3 Å². The molecule has 0 aliphatic carbocycles. The van der Waals surface area contributed by atoms with Crippen molar-refractivity contribution >= 4 is 51.7 Å². The van der Waals surface area contributed by atoms with Crippen molar-refractivity contribution in [3.8, 4) is 0 Å². The lowest BCUT2D eigenvalue weighted by Gasteiger charge is -2.14. The van der Waals surface area contributed by atoms with Gasteiger partial charge in [-0.1, -0.05) is 30.0 Å². The van der Waals surface area contributed by atoms with Gasteiger partial charge in [0.15, 0.2) is 0 Å². The van der Waals surface area contributed by atoms with E-state index in [1.807, 2.05) is 19.9 Å². The number of thiocarbonyl (C=S) groups is 1. The molecule has 3 heterocycles. The van der Waals surface area contributed by atoms with Gasteiger partial charge in [0, 0.05) is 39.6 Å². The number of hydrogen-bond acceptors (Lipinski definition) is 8. The average Bonchev–Trinajstić information content (AvgIpc) is 3.01. The monoisotopic (exact) mass is 462 g/mol. The second-order valence-corrected chi connectivity index (χ2v) is 8.54. The number of amides is 1. The summed E-state index contributed by atoms with van der Waals surface area (Å²) in [4.78, 5) is 32.8. The van der Waals surface area contributed by atoms with Gasteiger partial charge in [0.25, 0.3) is 11.5 Å². The van der Waals surface area contributed by atoms with Crippen LogP contribution >= 0.6 is 24.0 Å². The zero-order valence-corrected chi connectivity index (χ0v) is 19.5. The number of carbonyl (C=O) groups is 1. The molecule has 3 rings (SSSR count). The van der Waals surface area contributed by atoms with Gasteiger partial charge >= 0.3 is 0 Å². The van der Waals surface area contributed by atoms with Gasteiger partial charge in [-0.3, -0.25) is 18.9 Å². The van der Waals surface area contributed by atoms with Crippen LogP contribution < -0.4 is 10.9 Å². The smallest absolute Gasteiger partial charge is 0.267 e. The Hall–Kier alpha value is -2.27. The van der Waals surface area contributed by atoms with Crippen LogP contribution in [0.4, 0.5) is 5.82 Å². The van der Waals surface area contributed by atoms with E-state index >= 15 is 0 Å². The maximum atomic E-state index is 13.3. The first kappa shape index (κ1) is 23.4. The SMILES string of the molecule is CCOCCCN1C(=O)/C(=C\c2c(NCCOC)nc3c(C)cccn3c2=O)SC1=S. The molecule has 1 amide bonds. The molecule has 0 spiro atoms. The molecule has 0 bridgehead atoms. The molecule has 1 saturated heterocycles. The minimum Gasteiger partial charge on any atom is -0.383 e. The Morgan fingerprint density at radius 3 is 2.87 bits per heavy atom. The number of carbonyl (C=O) groups excluding carboxylic acids is 1. The summed E-state index contributed by atoms with van der Waals surface area (Å²) in [5, 5.41) is 3.16. The lowest BCUT2D eigenvalue weighted by molar-refractivity contribution is -0.122. The summed E-state index contributed by atoms with van der Waals surface area (Å²) in [7, 11) is 1.60. The number of hydrogen-bond donors (Lipinski definition) is 1. The third-order valence-electron chi connectivity index (χ3n) is 4.71. The van der Waals surface area contributed by atoms with Crippen LogP contribution in [0.5, 0.6) is 0 Å². The topological polar surface area (TPSA) is 85.2 Å². The molecule has 0 unspecified atom stereocenters. The number of nitrogens with one attached hydrogen (secondary N) is 1. The first-order chi connectivity index (χ1) is 15.0. The van der Waals surface area contributed by atoms with Crippen LogP contribution in [0.2, 0.25) is 0 Å². The van der Waals surface area contributed by atoms with Crippen molar-refractivity contribution in [2.75, 3.05) is 45.3 Å². The molecule has 2 aromatic heterocycles. The molecule has 1 aliphatic rings. The average molecular weight is 463 g/mol. The van der Waals surface area contributed by atoms with Gasteiger partial charge in [-0.25, -0.2) is 4.98 Å². The van der Waals surface area contributed by atoms with Crippen LogP contribution in [-0.2, 0) is 14.3 Å². The van der Waals surface area contributed by atoms with Crippen molar-refractivity contribution in [2.24, 2.45) is 0 Å². The highest BCUT2D eigenvalue weighted by molar-refractivity contribution is 8.26. The number of thioether (sulfide) groups is 1. The molecule has 0 radical (unpaired) electrons. The van der Waals surface area contributed by atoms with E-state index in [2.05, 4.69) is 10.3 Å². The molecule has 0 aromatic carbocycles. The Balaban J connectivity index is 1.97. The van der Waals surface area contributed by atoms with Gasteiger partial charge in [0.1, 0.15) is 15.8 Å². The minimum absolute atomic E-state index is 0.205. The summed E-state index contributed by atoms with van der Waals surface area (Å²) < 4.78 is 12.4. The molecule has 2 aromatic rings. The van der Waals surface area contributed by atoms with Crippen molar-refractivity contribution in [3.05, 3.63) is 44.7 Å². The number of pyridine rings is 1. The Morgan fingerprint density at radius 1 is 1.32 bits per heavy atom. The third-order valence-corrected chi connectivity index (χ3v) is 6.08. The molecular weight excluding hydrogens is 436 g/mol. The van der Waals surface area contributed by atoms with Crippen LogP contribution in [0, 0.1) is 6.92 Å². The van der Waals surface area contributed by atoms with Crippen LogP contribution in [0.1, 0.15) is 24.5 Å². The second-order valence-electron chi connectivity index (χ2n) is 6.87. The molecule has 31 heavy (non-hydrogen) atoms. The first-order valence-electron chi connectivity index (χ1n) is 10.1. The normalized spacial score (nSPS) is 15.5. The molecule has 1 fully saturated rings. The zero-order valence-electron chi connectivity index (χ0n) is 17.8. The van der Waals surface area contributed by atoms with Gasteiger partial charge in [-0.05, 0) is 38.0 Å². The molecule has 0 atom stereocenters. The number of rotatable bonds is 10. The van der Waals surface area contributed by atoms with Crippen molar-refractivity contribution in [1.82, 2.24) is 14.3 Å². The van der Waals surface area contributed by atoms with Crippen LogP contribution in [0.3, 0.4) is 0 Å². The Kier molecular flexibility index (Phi) is 8.19. The summed E-state index contributed by atoms with van der Waals surface area (Å²) in [5.74, 6) is 0.209. The predicted molar refractivity (Wildman–Crippen MR) is 128 cm³/mol. The number of methoxy groups -OCH3 is 1. The van der Waals surface area contributed by atoms with E-state index in [1.54, 1.807) is 30.3 Å². The molecular formula is C21H26N4O4S2. The van der Waals surface area contributed by atoms with E-state index in [1.165, 1.54) is 16.2 Å². The predicted octanol–water partition coefficient (Wildman–Crippen LogP) is 2.69. The largest absolute Gasteiger partial charge is 0.383 e. The lowest BCUT2D eigenvalue weighted by atomic mass is 10.2. The van der Waals surface area contributed by atoms with Gasteiger partial charge in [0.05, 0.1) is 17.1 Å². The number of aromatic nitrogens is 2. The fourth-order valence-corrected chi connectivity index (χ4v) is 4.43. The number of ether oxygens (including phenoxy) is 2. The van der Waals surface area contributed by atoms with E-state index in [-0.39, 0.29) is 11.5 Å². The van der Waals surface area contributed by atoms with Gasteiger partial charge in [-0.2, -0.15) is 0 Å². The maximum Gasteiger partial charge on any atom is 0.267 e. The van der Waals surface area contributed by atoms with E-state index in [0.29, 0.717) is 65.6 Å².